The van der Waals surface area contributed by atoms with E-state index >= 15 is 0 Å². The van der Waals surface area contributed by atoms with Gasteiger partial charge >= 0.3 is 0 Å². The maximum Gasteiger partial charge on any atom is 0.200 e. The van der Waals surface area contributed by atoms with Gasteiger partial charge in [-0.15, -0.1) is 11.3 Å². The van der Waals surface area contributed by atoms with Gasteiger partial charge < -0.3 is 4.74 Å². The van der Waals surface area contributed by atoms with Crippen molar-refractivity contribution in [1.82, 2.24) is 0 Å². The summed E-state index contributed by atoms with van der Waals surface area (Å²) in [5.74, 6) is -10.3. The Labute approximate surface area is 165 Å². The van der Waals surface area contributed by atoms with Crippen molar-refractivity contribution in [2.75, 3.05) is 0 Å². The summed E-state index contributed by atoms with van der Waals surface area (Å²) in [7, 11) is 0. The number of hydrogen-bond donors (Lipinski definition) is 0. The van der Waals surface area contributed by atoms with E-state index < -0.39 is 41.3 Å². The highest BCUT2D eigenvalue weighted by molar-refractivity contribution is 7.12. The molecular weight excluding hydrogens is 421 g/mol. The Morgan fingerprint density at radius 3 is 2.21 bits per heavy atom. The van der Waals surface area contributed by atoms with Crippen LogP contribution in [0.5, 0.6) is 5.06 Å². The molecule has 0 unspecified atom stereocenters. The summed E-state index contributed by atoms with van der Waals surface area (Å²) in [6.45, 7) is 0.874. The molecule has 0 aliphatic rings. The van der Waals surface area contributed by atoms with Crippen LogP contribution in [0.15, 0.2) is 23.6 Å². The molecule has 0 atom stereocenters. The van der Waals surface area contributed by atoms with Gasteiger partial charge in [0.05, 0.1) is 5.56 Å². The van der Waals surface area contributed by atoms with E-state index in [0.717, 1.165) is 16.9 Å². The second-order valence-electron chi connectivity index (χ2n) is 5.72. The van der Waals surface area contributed by atoms with Gasteiger partial charge in [0, 0.05) is 16.0 Å². The minimum Gasteiger partial charge on any atom is -0.478 e. The van der Waals surface area contributed by atoms with Crippen LogP contribution in [0, 0.1) is 47.3 Å². The zero-order valence-electron chi connectivity index (χ0n) is 14.0. The number of hydrogen-bond acceptors (Lipinski definition) is 3. The van der Waals surface area contributed by atoms with Crippen molar-refractivity contribution in [1.29, 1.82) is 5.26 Å². The average molecular weight is 430 g/mol. The Morgan fingerprint density at radius 1 is 1.04 bits per heavy atom. The largest absolute Gasteiger partial charge is 0.478 e. The van der Waals surface area contributed by atoms with Crippen LogP contribution >= 0.6 is 22.9 Å². The molecule has 0 saturated heterocycles. The number of benzene rings is 2. The first kappa shape index (κ1) is 20.1. The Morgan fingerprint density at radius 2 is 1.64 bits per heavy atom. The van der Waals surface area contributed by atoms with Crippen LogP contribution in [0.25, 0.3) is 11.1 Å². The first-order valence-electron chi connectivity index (χ1n) is 7.67. The molecule has 0 saturated carbocycles. The standard InChI is InChI=1S/C19H9ClF5NOS/c1-8-2-3-9(4-13(8)20)12-7-28-19(10(12)5-26)27-6-11-14(21)16(23)18(25)17(24)15(11)22/h2-4,7H,6H2,1H3. The van der Waals surface area contributed by atoms with Crippen molar-refractivity contribution in [3.05, 3.63) is 74.4 Å². The second kappa shape index (κ2) is 7.78. The van der Waals surface area contributed by atoms with Crippen molar-refractivity contribution in [3.63, 3.8) is 0 Å². The van der Waals surface area contributed by atoms with E-state index in [1.54, 1.807) is 23.6 Å². The molecule has 0 radical (unpaired) electrons. The van der Waals surface area contributed by atoms with Gasteiger partial charge in [0.1, 0.15) is 18.2 Å². The van der Waals surface area contributed by atoms with Gasteiger partial charge in [-0.1, -0.05) is 23.7 Å². The SMILES string of the molecule is Cc1ccc(-c2csc(OCc3c(F)c(F)c(F)c(F)c3F)c2C#N)cc1Cl. The molecule has 0 fully saturated rings. The lowest BCUT2D eigenvalue weighted by atomic mass is 10.0. The highest BCUT2D eigenvalue weighted by Gasteiger charge is 2.26. The molecule has 0 spiro atoms. The molecule has 1 aromatic heterocycles. The Hall–Kier alpha value is -2.63. The summed E-state index contributed by atoms with van der Waals surface area (Å²) in [6, 6.07) is 7.06. The molecule has 0 aliphatic heterocycles. The van der Waals surface area contributed by atoms with Crippen molar-refractivity contribution >= 4 is 22.9 Å². The molecule has 0 aliphatic carbocycles. The van der Waals surface area contributed by atoms with Crippen LogP contribution in [0.3, 0.4) is 0 Å². The molecule has 144 valence electrons. The van der Waals surface area contributed by atoms with Gasteiger partial charge in [0.25, 0.3) is 0 Å². The minimum absolute atomic E-state index is 0.0156. The summed E-state index contributed by atoms with van der Waals surface area (Å²) < 4.78 is 72.4. The van der Waals surface area contributed by atoms with Crippen molar-refractivity contribution in [2.24, 2.45) is 0 Å². The average Bonchev–Trinajstić information content (AvgIpc) is 3.09. The highest BCUT2D eigenvalue weighted by Crippen LogP contribution is 2.38. The monoisotopic (exact) mass is 429 g/mol. The molecule has 0 N–H and O–H groups in total. The number of nitriles is 1. The fourth-order valence-electron chi connectivity index (χ4n) is 2.44. The number of thiophene rings is 1. The Kier molecular flexibility index (Phi) is 5.59. The molecule has 9 heteroatoms. The molecule has 1 heterocycles. The molecule has 28 heavy (non-hydrogen) atoms. The van der Waals surface area contributed by atoms with E-state index in [-0.39, 0.29) is 10.6 Å². The molecule has 0 bridgehead atoms. The van der Waals surface area contributed by atoms with Gasteiger partial charge in [-0.25, -0.2) is 22.0 Å². The lowest BCUT2D eigenvalue weighted by Crippen LogP contribution is -2.09. The molecule has 2 aromatic carbocycles. The van der Waals surface area contributed by atoms with E-state index in [1.807, 2.05) is 13.0 Å². The summed E-state index contributed by atoms with van der Waals surface area (Å²) in [5.41, 5.74) is 0.876. The van der Waals surface area contributed by atoms with Crippen LogP contribution in [0.1, 0.15) is 16.7 Å². The van der Waals surface area contributed by atoms with Crippen LogP contribution in [0.2, 0.25) is 5.02 Å². The van der Waals surface area contributed by atoms with Crippen molar-refractivity contribution < 1.29 is 26.7 Å². The van der Waals surface area contributed by atoms with E-state index in [4.69, 9.17) is 16.3 Å². The molecule has 3 rings (SSSR count). The zero-order chi connectivity index (χ0) is 20.6. The Bertz CT molecular complexity index is 1090. The first-order chi connectivity index (χ1) is 13.3. The van der Waals surface area contributed by atoms with Crippen molar-refractivity contribution in [2.45, 2.75) is 13.5 Å². The number of ether oxygens (including phenoxy) is 1. The summed E-state index contributed by atoms with van der Waals surface area (Å²) in [4.78, 5) is 0. The van der Waals surface area contributed by atoms with E-state index in [0.29, 0.717) is 16.1 Å². The van der Waals surface area contributed by atoms with E-state index in [9.17, 15) is 27.2 Å². The fraction of sp³-hybridized carbons (Fsp3) is 0.105. The summed E-state index contributed by atoms with van der Waals surface area (Å²) >= 11 is 7.04. The van der Waals surface area contributed by atoms with Crippen molar-refractivity contribution in [3.8, 4) is 22.3 Å². The van der Waals surface area contributed by atoms with E-state index in [2.05, 4.69) is 0 Å². The molecule has 2 nitrogen and oxygen atoms in total. The normalized spacial score (nSPS) is 10.8. The van der Waals surface area contributed by atoms with Gasteiger partial charge in [0.2, 0.25) is 5.82 Å². The van der Waals surface area contributed by atoms with Crippen LogP contribution in [-0.4, -0.2) is 0 Å². The zero-order valence-corrected chi connectivity index (χ0v) is 15.6. The maximum atomic E-state index is 13.8. The summed E-state index contributed by atoms with van der Waals surface area (Å²) in [6.07, 6.45) is 0. The van der Waals surface area contributed by atoms with E-state index in [1.165, 1.54) is 0 Å². The highest BCUT2D eigenvalue weighted by atomic mass is 35.5. The third-order valence-corrected chi connectivity index (χ3v) is 5.30. The van der Waals surface area contributed by atoms with Crippen LogP contribution in [0.4, 0.5) is 22.0 Å². The predicted molar refractivity (Wildman–Crippen MR) is 94.8 cm³/mol. The van der Waals surface area contributed by atoms with Gasteiger partial charge in [0.15, 0.2) is 28.3 Å². The molecule has 3 aromatic rings. The van der Waals surface area contributed by atoms with Crippen LogP contribution < -0.4 is 4.74 Å². The lowest BCUT2D eigenvalue weighted by molar-refractivity contribution is 0.285. The first-order valence-corrected chi connectivity index (χ1v) is 8.93. The number of rotatable bonds is 4. The van der Waals surface area contributed by atoms with Gasteiger partial charge in [-0.3, -0.25) is 0 Å². The predicted octanol–water partition coefficient (Wildman–Crippen LogP) is 6.52. The van der Waals surface area contributed by atoms with Gasteiger partial charge in [-0.2, -0.15) is 5.26 Å². The lowest BCUT2D eigenvalue weighted by Gasteiger charge is -2.09. The quantitative estimate of drug-likeness (QED) is 0.268. The summed E-state index contributed by atoms with van der Waals surface area (Å²) in [5, 5.41) is 11.5. The number of aryl methyl sites for hydroxylation is 1. The third-order valence-electron chi connectivity index (χ3n) is 4.00. The van der Waals surface area contributed by atoms with Crippen LogP contribution in [-0.2, 0) is 6.61 Å². The molecule has 0 amide bonds. The minimum atomic E-state index is -2.24. The molecular formula is C19H9ClF5NOS. The number of halogens is 6. The number of nitrogens with zero attached hydrogens (tertiary/aromatic N) is 1. The fourth-order valence-corrected chi connectivity index (χ4v) is 3.50. The van der Waals surface area contributed by atoms with Gasteiger partial charge in [-0.05, 0) is 24.1 Å². The topological polar surface area (TPSA) is 33.0 Å². The second-order valence-corrected chi connectivity index (χ2v) is 6.97. The smallest absolute Gasteiger partial charge is 0.200 e. The third kappa shape index (κ3) is 3.43. The Balaban J connectivity index is 1.95. The maximum absolute atomic E-state index is 13.8.